The number of rotatable bonds is 5. The number of fused-ring (bicyclic) bond motifs is 1. The number of aromatic nitrogens is 1. The Balaban J connectivity index is 2.24. The number of methoxy groups -OCH3 is 1. The minimum atomic E-state index is -4.54. The summed E-state index contributed by atoms with van der Waals surface area (Å²) in [6, 6.07) is 2.23. The fraction of sp³-hybridized carbons (Fsp3) is 0.357. The predicted octanol–water partition coefficient (Wildman–Crippen LogP) is 3.01. The molecule has 0 saturated heterocycles. The van der Waals surface area contributed by atoms with Gasteiger partial charge in [0.05, 0.1) is 7.11 Å². The summed E-state index contributed by atoms with van der Waals surface area (Å²) in [5.74, 6) is -1.07. The number of urea groups is 1. The molecule has 12 heteroatoms. The molecular weight excluding hydrogens is 379 g/mol. The van der Waals surface area contributed by atoms with E-state index in [9.17, 15) is 22.8 Å². The molecule has 0 saturated carbocycles. The number of amides is 2. The molecule has 0 aliphatic carbocycles. The molecule has 26 heavy (non-hydrogen) atoms. The summed E-state index contributed by atoms with van der Waals surface area (Å²) in [5.41, 5.74) is 0.103. The van der Waals surface area contributed by atoms with E-state index in [4.69, 9.17) is 9.26 Å². The maximum absolute atomic E-state index is 12.4. The Morgan fingerprint density at radius 2 is 2.12 bits per heavy atom. The standard InChI is InChI=1S/C14H14F3N3O5S/c1-7(12(21)23-2)20(26)13(22)18-11-10-8(24-6-14(15,16)17)4-3-5-9(10)25-19-11/h3-5,7,26H,6H2,1-2H3,(H,18,19,22). The van der Waals surface area contributed by atoms with Gasteiger partial charge in [0, 0.05) is 0 Å². The largest absolute Gasteiger partial charge is 0.483 e. The molecule has 8 nitrogen and oxygen atoms in total. The number of benzene rings is 1. The molecule has 0 fully saturated rings. The number of hydrogen-bond donors (Lipinski definition) is 2. The van der Waals surface area contributed by atoms with Gasteiger partial charge in [-0.25, -0.2) is 9.59 Å². The lowest BCUT2D eigenvalue weighted by Crippen LogP contribution is -2.39. The van der Waals surface area contributed by atoms with E-state index in [0.717, 1.165) is 11.4 Å². The third-order valence-electron chi connectivity index (χ3n) is 3.19. The molecule has 1 aromatic heterocycles. The number of halogens is 3. The molecule has 1 unspecified atom stereocenters. The third kappa shape index (κ3) is 4.50. The van der Waals surface area contributed by atoms with E-state index in [-0.39, 0.29) is 22.5 Å². The monoisotopic (exact) mass is 393 g/mol. The Morgan fingerprint density at radius 1 is 1.42 bits per heavy atom. The molecule has 2 aromatic rings. The molecule has 1 aromatic carbocycles. The van der Waals surface area contributed by atoms with Crippen molar-refractivity contribution < 1.29 is 36.8 Å². The van der Waals surface area contributed by atoms with E-state index >= 15 is 0 Å². The summed E-state index contributed by atoms with van der Waals surface area (Å²) < 4.78 is 52.1. The summed E-state index contributed by atoms with van der Waals surface area (Å²) in [6.07, 6.45) is -4.54. The van der Waals surface area contributed by atoms with Crippen molar-refractivity contribution in [2.45, 2.75) is 19.1 Å². The number of carbonyl (C=O) groups excluding carboxylic acids is 2. The van der Waals surface area contributed by atoms with Crippen molar-refractivity contribution in [1.29, 1.82) is 0 Å². The average molecular weight is 393 g/mol. The van der Waals surface area contributed by atoms with Crippen molar-refractivity contribution in [2.75, 3.05) is 19.0 Å². The quantitative estimate of drug-likeness (QED) is 0.599. The van der Waals surface area contributed by atoms with E-state index < -0.39 is 30.8 Å². The van der Waals surface area contributed by atoms with E-state index in [1.165, 1.54) is 25.1 Å². The SMILES string of the molecule is COC(=O)C(C)N(S)C(=O)Nc1noc2cccc(OCC(F)(F)F)c12. The van der Waals surface area contributed by atoms with Crippen LogP contribution in [0.4, 0.5) is 23.8 Å². The van der Waals surface area contributed by atoms with E-state index in [0.29, 0.717) is 0 Å². The number of alkyl halides is 3. The fourth-order valence-corrected chi connectivity index (χ4v) is 2.08. The molecule has 1 heterocycles. The van der Waals surface area contributed by atoms with Crippen LogP contribution in [0.2, 0.25) is 0 Å². The van der Waals surface area contributed by atoms with Crippen LogP contribution in [0.1, 0.15) is 6.92 Å². The Kier molecular flexibility index (Phi) is 5.85. The molecule has 142 valence electrons. The van der Waals surface area contributed by atoms with Gasteiger partial charge in [-0.1, -0.05) is 24.0 Å². The lowest BCUT2D eigenvalue weighted by molar-refractivity contribution is -0.153. The summed E-state index contributed by atoms with van der Waals surface area (Å²) in [5, 5.41) is 5.94. The van der Waals surface area contributed by atoms with Crippen molar-refractivity contribution in [3.05, 3.63) is 18.2 Å². The highest BCUT2D eigenvalue weighted by molar-refractivity contribution is 7.78. The van der Waals surface area contributed by atoms with E-state index in [1.54, 1.807) is 0 Å². The number of nitrogens with zero attached hydrogens (tertiary/aromatic N) is 2. The summed E-state index contributed by atoms with van der Waals surface area (Å²) in [4.78, 5) is 23.6. The fourth-order valence-electron chi connectivity index (χ4n) is 1.93. The second-order valence-electron chi connectivity index (χ2n) is 5.04. The number of anilines is 1. The lowest BCUT2D eigenvalue weighted by Gasteiger charge is -2.20. The van der Waals surface area contributed by atoms with Crippen molar-refractivity contribution in [3.63, 3.8) is 0 Å². The van der Waals surface area contributed by atoms with Gasteiger partial charge in [0.1, 0.15) is 17.2 Å². The van der Waals surface area contributed by atoms with Gasteiger partial charge in [0.2, 0.25) is 0 Å². The number of nitrogens with one attached hydrogen (secondary N) is 1. The lowest BCUT2D eigenvalue weighted by atomic mass is 10.2. The van der Waals surface area contributed by atoms with Crippen molar-refractivity contribution >= 4 is 41.6 Å². The molecule has 1 atom stereocenters. The van der Waals surface area contributed by atoms with E-state index in [1.807, 2.05) is 0 Å². The normalized spacial score (nSPS) is 12.5. The van der Waals surface area contributed by atoms with Gasteiger partial charge in [0.15, 0.2) is 18.0 Å². The second kappa shape index (κ2) is 7.72. The van der Waals surface area contributed by atoms with Crippen molar-refractivity contribution in [3.8, 4) is 5.75 Å². The first-order chi connectivity index (χ1) is 12.1. The molecule has 2 rings (SSSR count). The van der Waals surface area contributed by atoms with Crippen molar-refractivity contribution in [2.24, 2.45) is 0 Å². The molecule has 1 N–H and O–H groups in total. The third-order valence-corrected chi connectivity index (χ3v) is 3.72. The highest BCUT2D eigenvalue weighted by atomic mass is 32.1. The highest BCUT2D eigenvalue weighted by Crippen LogP contribution is 2.33. The first-order valence-corrected chi connectivity index (χ1v) is 7.49. The molecule has 0 spiro atoms. The van der Waals surface area contributed by atoms with Crippen LogP contribution in [0.3, 0.4) is 0 Å². The van der Waals surface area contributed by atoms with Crippen LogP contribution in [0.15, 0.2) is 22.7 Å². The zero-order chi connectivity index (χ0) is 19.5. The number of esters is 1. The number of hydrogen-bond acceptors (Lipinski definition) is 7. The smallest absolute Gasteiger partial charge is 0.422 e. The number of ether oxygens (including phenoxy) is 2. The summed E-state index contributed by atoms with van der Waals surface area (Å²) in [7, 11) is 1.15. The van der Waals surface area contributed by atoms with Crippen LogP contribution < -0.4 is 10.1 Å². The van der Waals surface area contributed by atoms with Gasteiger partial charge in [-0.3, -0.25) is 9.62 Å². The average Bonchev–Trinajstić information content (AvgIpc) is 3.00. The van der Waals surface area contributed by atoms with E-state index in [2.05, 4.69) is 28.0 Å². The minimum absolute atomic E-state index is 0.0394. The molecule has 2 amide bonds. The van der Waals surface area contributed by atoms with Gasteiger partial charge in [-0.2, -0.15) is 13.2 Å². The van der Waals surface area contributed by atoms with Crippen molar-refractivity contribution in [1.82, 2.24) is 9.46 Å². The van der Waals surface area contributed by atoms with Gasteiger partial charge >= 0.3 is 18.2 Å². The van der Waals surface area contributed by atoms with Crippen LogP contribution in [0.5, 0.6) is 5.75 Å². The maximum Gasteiger partial charge on any atom is 0.422 e. The van der Waals surface area contributed by atoms with Gasteiger partial charge in [0.25, 0.3) is 0 Å². The molecule has 0 aliphatic rings. The number of thiol groups is 1. The topological polar surface area (TPSA) is 93.9 Å². The first kappa shape index (κ1) is 19.7. The van der Waals surface area contributed by atoms with Crippen LogP contribution in [0.25, 0.3) is 11.0 Å². The minimum Gasteiger partial charge on any atom is -0.483 e. The zero-order valence-electron chi connectivity index (χ0n) is 13.5. The molecule has 0 aliphatic heterocycles. The molecule has 0 radical (unpaired) electrons. The Labute approximate surface area is 150 Å². The highest BCUT2D eigenvalue weighted by Gasteiger charge is 2.30. The van der Waals surface area contributed by atoms with Gasteiger partial charge < -0.3 is 14.0 Å². The van der Waals surface area contributed by atoms with Crippen LogP contribution in [-0.4, -0.2) is 47.4 Å². The zero-order valence-corrected chi connectivity index (χ0v) is 14.4. The number of carbonyl (C=O) groups is 2. The van der Waals surface area contributed by atoms with Gasteiger partial charge in [-0.15, -0.1) is 0 Å². The predicted molar refractivity (Wildman–Crippen MR) is 86.9 cm³/mol. The van der Waals surface area contributed by atoms with Crippen LogP contribution in [0, 0.1) is 0 Å². The second-order valence-corrected chi connectivity index (χ2v) is 5.47. The molecule has 0 bridgehead atoms. The summed E-state index contributed by atoms with van der Waals surface area (Å²) >= 11 is 3.91. The Hall–Kier alpha value is -2.63. The first-order valence-electron chi connectivity index (χ1n) is 7.09. The van der Waals surface area contributed by atoms with Gasteiger partial charge in [-0.05, 0) is 19.1 Å². The molecular formula is C14H14F3N3O5S. The Morgan fingerprint density at radius 3 is 2.73 bits per heavy atom. The van der Waals surface area contributed by atoms with Crippen LogP contribution >= 0.6 is 12.8 Å². The summed E-state index contributed by atoms with van der Waals surface area (Å²) in [6.45, 7) is -0.153. The van der Waals surface area contributed by atoms with Crippen LogP contribution in [-0.2, 0) is 9.53 Å². The maximum atomic E-state index is 12.4. The Bertz CT molecular complexity index is 811.